The fraction of sp³-hybridized carbons (Fsp3) is 0.280. The number of methoxy groups -OCH3 is 2. The molecule has 0 aromatic heterocycles. The zero-order valence-electron chi connectivity index (χ0n) is 33.9. The molecule has 0 bridgehead atoms. The van der Waals surface area contributed by atoms with Gasteiger partial charge in [-0.15, -0.1) is 0 Å². The van der Waals surface area contributed by atoms with Crippen LogP contribution in [-0.2, 0) is 14.2 Å². The van der Waals surface area contributed by atoms with Crippen LogP contribution in [0, 0.1) is 0 Å². The summed E-state index contributed by atoms with van der Waals surface area (Å²) in [7, 11) is 3.48. The lowest BCUT2D eigenvalue weighted by Crippen LogP contribution is -2.21. The molecule has 0 aliphatic heterocycles. The average molecular weight is 767 g/mol. The number of ether oxygens (including phenoxy) is 7. The monoisotopic (exact) mass is 766 g/mol. The molecule has 6 aromatic carbocycles. The minimum Gasteiger partial charge on any atom is -0.494 e. The first-order valence-corrected chi connectivity index (χ1v) is 19.8. The summed E-state index contributed by atoms with van der Waals surface area (Å²) in [6, 6.07) is 48.4. The van der Waals surface area contributed by atoms with Crippen molar-refractivity contribution in [3.8, 4) is 56.8 Å². The predicted octanol–water partition coefficient (Wildman–Crippen LogP) is 13.1. The molecule has 0 heterocycles. The van der Waals surface area contributed by atoms with Crippen molar-refractivity contribution in [3.05, 3.63) is 157 Å². The van der Waals surface area contributed by atoms with Crippen LogP contribution >= 0.6 is 0 Å². The second kappa shape index (κ2) is 20.5. The molecule has 0 spiro atoms. The Bertz CT molecular complexity index is 1950. The summed E-state index contributed by atoms with van der Waals surface area (Å²) in [4.78, 5) is 0. The second-order valence-electron chi connectivity index (χ2n) is 13.9. The van der Waals surface area contributed by atoms with Gasteiger partial charge in [0, 0.05) is 38.2 Å². The van der Waals surface area contributed by atoms with Gasteiger partial charge in [-0.1, -0.05) is 84.9 Å². The minimum absolute atomic E-state index is 0.124. The van der Waals surface area contributed by atoms with Crippen LogP contribution < -0.4 is 18.9 Å². The van der Waals surface area contributed by atoms with Crippen molar-refractivity contribution < 1.29 is 33.2 Å². The van der Waals surface area contributed by atoms with Crippen molar-refractivity contribution in [2.45, 2.75) is 65.0 Å². The zero-order valence-corrected chi connectivity index (χ0v) is 33.9. The van der Waals surface area contributed by atoms with Crippen molar-refractivity contribution in [2.75, 3.05) is 27.4 Å². The van der Waals surface area contributed by atoms with Gasteiger partial charge in [0.1, 0.15) is 34.5 Å². The van der Waals surface area contributed by atoms with Gasteiger partial charge in [0.05, 0.1) is 37.6 Å². The molecule has 0 saturated heterocycles. The topological polar surface area (TPSA) is 64.6 Å². The third kappa shape index (κ3) is 10.8. The van der Waals surface area contributed by atoms with Crippen LogP contribution in [0.2, 0.25) is 0 Å². The molecule has 296 valence electrons. The molecule has 0 N–H and O–H groups in total. The lowest BCUT2D eigenvalue weighted by atomic mass is 9.90. The van der Waals surface area contributed by atoms with Gasteiger partial charge in [-0.25, -0.2) is 0 Å². The Hall–Kier alpha value is -5.60. The Kier molecular flexibility index (Phi) is 14.8. The highest BCUT2D eigenvalue weighted by atomic mass is 16.5. The first-order chi connectivity index (χ1) is 27.9. The summed E-state index contributed by atoms with van der Waals surface area (Å²) in [5, 5.41) is 0. The van der Waals surface area contributed by atoms with E-state index in [9.17, 15) is 0 Å². The van der Waals surface area contributed by atoms with E-state index in [1.807, 2.05) is 123 Å². The molecule has 0 fully saturated rings. The van der Waals surface area contributed by atoms with E-state index in [1.165, 1.54) is 0 Å². The summed E-state index contributed by atoms with van der Waals surface area (Å²) in [5.74, 6) is 4.53. The van der Waals surface area contributed by atoms with Crippen LogP contribution in [-0.4, -0.2) is 39.6 Å². The van der Waals surface area contributed by atoms with Crippen molar-refractivity contribution in [1.82, 2.24) is 0 Å². The van der Waals surface area contributed by atoms with Gasteiger partial charge in [0.25, 0.3) is 0 Å². The van der Waals surface area contributed by atoms with Crippen LogP contribution in [0.25, 0.3) is 22.3 Å². The maximum absolute atomic E-state index is 7.51. The lowest BCUT2D eigenvalue weighted by Gasteiger charge is -2.32. The summed E-state index contributed by atoms with van der Waals surface area (Å²) in [6.07, 6.45) is 0.0438. The Balaban J connectivity index is 1.52. The van der Waals surface area contributed by atoms with Gasteiger partial charge in [-0.3, -0.25) is 0 Å². The molecule has 4 unspecified atom stereocenters. The van der Waals surface area contributed by atoms with Gasteiger partial charge < -0.3 is 33.2 Å². The number of rotatable bonds is 20. The average Bonchev–Trinajstić information content (AvgIpc) is 3.24. The van der Waals surface area contributed by atoms with E-state index >= 15 is 0 Å². The van der Waals surface area contributed by atoms with Crippen LogP contribution in [0.3, 0.4) is 0 Å². The summed E-state index contributed by atoms with van der Waals surface area (Å²) >= 11 is 0. The Morgan fingerprint density at radius 1 is 0.421 bits per heavy atom. The Morgan fingerprint density at radius 2 is 0.807 bits per heavy atom. The molecule has 0 saturated carbocycles. The van der Waals surface area contributed by atoms with Gasteiger partial charge in [0.15, 0.2) is 0 Å². The fourth-order valence-corrected chi connectivity index (χ4v) is 6.93. The number of hydrogen-bond donors (Lipinski definition) is 0. The molecule has 0 radical (unpaired) electrons. The van der Waals surface area contributed by atoms with Gasteiger partial charge >= 0.3 is 0 Å². The predicted molar refractivity (Wildman–Crippen MR) is 228 cm³/mol. The molecule has 0 aliphatic rings. The van der Waals surface area contributed by atoms with Crippen LogP contribution in [0.1, 0.15) is 63.9 Å². The summed E-state index contributed by atoms with van der Waals surface area (Å²) < 4.78 is 44.3. The second-order valence-corrected chi connectivity index (χ2v) is 13.9. The van der Waals surface area contributed by atoms with Crippen molar-refractivity contribution in [2.24, 2.45) is 0 Å². The maximum Gasteiger partial charge on any atom is 0.135 e. The molecule has 57 heavy (non-hydrogen) atoms. The minimum atomic E-state index is -0.429. The Labute approximate surface area is 338 Å². The molecule has 7 heteroatoms. The quantitative estimate of drug-likeness (QED) is 0.0766. The molecule has 6 rings (SSSR count). The number of para-hydroxylation sites is 2. The van der Waals surface area contributed by atoms with Crippen LogP contribution in [0.15, 0.2) is 146 Å². The molecule has 4 atom stereocenters. The van der Waals surface area contributed by atoms with E-state index in [2.05, 4.69) is 50.2 Å². The van der Waals surface area contributed by atoms with Gasteiger partial charge in [-0.2, -0.15) is 0 Å². The standard InChI is InChI=1S/C50H54O7/c1-7-53-39-29-25-37(26-30-39)49-43(21-15-23-45(49)55-41-17-11-9-12-18-41)47(33-35(3)51-5)57-48(34-36(4)52-6)44-22-16-24-46(56-42-19-13-10-14-20-42)50(44)38-27-31-40(32-28-38)54-8-2/h9-32,35-36,47-48H,7-8,33-34H2,1-6H3. The van der Waals surface area contributed by atoms with E-state index in [0.29, 0.717) is 26.1 Å². The van der Waals surface area contributed by atoms with E-state index in [0.717, 1.165) is 67.9 Å². The molecule has 7 nitrogen and oxygen atoms in total. The van der Waals surface area contributed by atoms with E-state index in [-0.39, 0.29) is 12.2 Å². The maximum atomic E-state index is 7.51. The Morgan fingerprint density at radius 3 is 1.16 bits per heavy atom. The van der Waals surface area contributed by atoms with Crippen molar-refractivity contribution in [3.63, 3.8) is 0 Å². The normalized spacial score (nSPS) is 13.3. The first-order valence-electron chi connectivity index (χ1n) is 19.8. The number of benzene rings is 6. The molecular formula is C50H54O7. The van der Waals surface area contributed by atoms with Crippen molar-refractivity contribution in [1.29, 1.82) is 0 Å². The summed E-state index contributed by atoms with van der Waals surface area (Å²) in [6.45, 7) is 9.29. The third-order valence-corrected chi connectivity index (χ3v) is 9.89. The smallest absolute Gasteiger partial charge is 0.135 e. The molecule has 0 amide bonds. The summed E-state index contributed by atoms with van der Waals surface area (Å²) in [5.41, 5.74) is 5.78. The zero-order chi connectivity index (χ0) is 40.0. The highest BCUT2D eigenvalue weighted by Crippen LogP contribution is 2.47. The number of hydrogen-bond acceptors (Lipinski definition) is 7. The highest BCUT2D eigenvalue weighted by molar-refractivity contribution is 5.77. The van der Waals surface area contributed by atoms with E-state index < -0.39 is 12.2 Å². The molecular weight excluding hydrogens is 713 g/mol. The third-order valence-electron chi connectivity index (χ3n) is 9.89. The van der Waals surface area contributed by atoms with E-state index in [4.69, 9.17) is 33.2 Å². The lowest BCUT2D eigenvalue weighted by molar-refractivity contribution is -0.0629. The van der Waals surface area contributed by atoms with Crippen molar-refractivity contribution >= 4 is 0 Å². The SMILES string of the molecule is CCOc1ccc(-c2c(Oc3ccccc3)cccc2C(CC(C)OC)OC(CC(C)OC)c2cccc(Oc3ccccc3)c2-c2ccc(OCC)cc2)cc1. The highest BCUT2D eigenvalue weighted by Gasteiger charge is 2.30. The van der Waals surface area contributed by atoms with Crippen LogP contribution in [0.5, 0.6) is 34.5 Å². The largest absolute Gasteiger partial charge is 0.494 e. The van der Waals surface area contributed by atoms with Gasteiger partial charge in [0.2, 0.25) is 0 Å². The fourth-order valence-electron chi connectivity index (χ4n) is 6.93. The molecule has 6 aromatic rings. The van der Waals surface area contributed by atoms with Crippen LogP contribution in [0.4, 0.5) is 0 Å². The first kappa shape index (κ1) is 41.0. The van der Waals surface area contributed by atoms with Gasteiger partial charge in [-0.05, 0) is 111 Å². The molecule has 0 aliphatic carbocycles. The van der Waals surface area contributed by atoms with E-state index in [1.54, 1.807) is 14.2 Å².